The Bertz CT molecular complexity index is 196. The maximum atomic E-state index is 11.0. The molecule has 0 spiro atoms. The van der Waals surface area contributed by atoms with E-state index >= 15 is 0 Å². The molecule has 0 rings (SSSR count). The first-order valence-electron chi connectivity index (χ1n) is 3.80. The average Bonchev–Trinajstić information content (AvgIpc) is 1.87. The molecular weight excluding hydrogens is 162 g/mol. The zero-order valence-corrected chi connectivity index (χ0v) is 8.40. The van der Waals surface area contributed by atoms with Gasteiger partial charge < -0.3 is 0 Å². The summed E-state index contributed by atoms with van der Waals surface area (Å²) in [6.45, 7) is 5.99. The maximum absolute atomic E-state index is 11.0. The van der Waals surface area contributed by atoms with E-state index in [0.717, 1.165) is 0 Å². The Morgan fingerprint density at radius 1 is 1.27 bits per heavy atom. The SMILES string of the molecule is CNS(=O)(=O)CC(C)C(C)C. The van der Waals surface area contributed by atoms with Crippen LogP contribution in [0.2, 0.25) is 0 Å². The van der Waals surface area contributed by atoms with Gasteiger partial charge in [-0.3, -0.25) is 0 Å². The summed E-state index contributed by atoms with van der Waals surface area (Å²) in [6.07, 6.45) is 0. The highest BCUT2D eigenvalue weighted by Crippen LogP contribution is 2.10. The normalized spacial score (nSPS) is 15.4. The summed E-state index contributed by atoms with van der Waals surface area (Å²) in [6, 6.07) is 0. The smallest absolute Gasteiger partial charge is 0.211 e. The molecular formula is C7H17NO2S. The van der Waals surface area contributed by atoms with Crippen LogP contribution < -0.4 is 4.72 Å². The van der Waals surface area contributed by atoms with Crippen LogP contribution in [-0.2, 0) is 10.0 Å². The summed E-state index contributed by atoms with van der Waals surface area (Å²) in [5.41, 5.74) is 0. The minimum atomic E-state index is -3.01. The molecule has 11 heavy (non-hydrogen) atoms. The van der Waals surface area contributed by atoms with Crippen LogP contribution in [0.25, 0.3) is 0 Å². The van der Waals surface area contributed by atoms with Crippen LogP contribution >= 0.6 is 0 Å². The first-order chi connectivity index (χ1) is 4.89. The summed E-state index contributed by atoms with van der Waals surface area (Å²) in [7, 11) is -1.57. The van der Waals surface area contributed by atoms with Gasteiger partial charge in [0.1, 0.15) is 0 Å². The molecule has 0 aromatic carbocycles. The van der Waals surface area contributed by atoms with Crippen molar-refractivity contribution >= 4 is 10.0 Å². The second-order valence-electron chi connectivity index (χ2n) is 3.21. The third-order valence-electron chi connectivity index (χ3n) is 1.93. The van der Waals surface area contributed by atoms with E-state index in [1.54, 1.807) is 0 Å². The Kier molecular flexibility index (Phi) is 4.03. The lowest BCUT2D eigenvalue weighted by Gasteiger charge is -2.14. The van der Waals surface area contributed by atoms with Crippen LogP contribution in [0, 0.1) is 11.8 Å². The van der Waals surface area contributed by atoms with Crippen molar-refractivity contribution in [3.63, 3.8) is 0 Å². The third kappa shape index (κ3) is 4.37. The molecule has 0 bridgehead atoms. The summed E-state index contributed by atoms with van der Waals surface area (Å²) >= 11 is 0. The van der Waals surface area contributed by atoms with Gasteiger partial charge in [0.2, 0.25) is 10.0 Å². The lowest BCUT2D eigenvalue weighted by molar-refractivity contribution is 0.451. The fraction of sp³-hybridized carbons (Fsp3) is 1.00. The van der Waals surface area contributed by atoms with E-state index in [2.05, 4.69) is 4.72 Å². The van der Waals surface area contributed by atoms with Crippen LogP contribution in [0.4, 0.5) is 0 Å². The monoisotopic (exact) mass is 179 g/mol. The molecule has 0 amide bonds. The molecule has 0 saturated heterocycles. The molecule has 1 unspecified atom stereocenters. The number of sulfonamides is 1. The molecule has 68 valence electrons. The molecule has 0 aliphatic rings. The maximum Gasteiger partial charge on any atom is 0.211 e. The Morgan fingerprint density at radius 3 is 2.00 bits per heavy atom. The highest BCUT2D eigenvalue weighted by molar-refractivity contribution is 7.89. The fourth-order valence-electron chi connectivity index (χ4n) is 0.622. The van der Waals surface area contributed by atoms with Crippen molar-refractivity contribution in [2.24, 2.45) is 11.8 Å². The van der Waals surface area contributed by atoms with Crippen molar-refractivity contribution in [1.82, 2.24) is 4.72 Å². The predicted octanol–water partition coefficient (Wildman–Crippen LogP) is 0.828. The Labute approximate surface area is 69.2 Å². The van der Waals surface area contributed by atoms with Crippen molar-refractivity contribution in [2.45, 2.75) is 20.8 Å². The topological polar surface area (TPSA) is 46.2 Å². The second kappa shape index (κ2) is 4.07. The van der Waals surface area contributed by atoms with Crippen molar-refractivity contribution < 1.29 is 8.42 Å². The molecule has 1 N–H and O–H groups in total. The molecule has 0 fully saturated rings. The summed E-state index contributed by atoms with van der Waals surface area (Å²) < 4.78 is 24.3. The van der Waals surface area contributed by atoms with Gasteiger partial charge in [-0.05, 0) is 18.9 Å². The number of hydrogen-bond donors (Lipinski definition) is 1. The first kappa shape index (κ1) is 10.9. The number of nitrogens with one attached hydrogen (secondary N) is 1. The van der Waals surface area contributed by atoms with Crippen molar-refractivity contribution in [3.8, 4) is 0 Å². The fourth-order valence-corrected chi connectivity index (χ4v) is 1.87. The highest BCUT2D eigenvalue weighted by atomic mass is 32.2. The van der Waals surface area contributed by atoms with Gasteiger partial charge in [-0.25, -0.2) is 13.1 Å². The van der Waals surface area contributed by atoms with Crippen LogP contribution in [-0.4, -0.2) is 21.2 Å². The van der Waals surface area contributed by atoms with Gasteiger partial charge >= 0.3 is 0 Å². The Balaban J connectivity index is 4.05. The number of rotatable bonds is 4. The number of hydrogen-bond acceptors (Lipinski definition) is 2. The molecule has 0 saturated carbocycles. The van der Waals surface area contributed by atoms with E-state index in [1.807, 2.05) is 20.8 Å². The van der Waals surface area contributed by atoms with Gasteiger partial charge in [0, 0.05) is 0 Å². The lowest BCUT2D eigenvalue weighted by atomic mass is 10.0. The minimum Gasteiger partial charge on any atom is -0.218 e. The molecule has 0 aromatic heterocycles. The predicted molar refractivity (Wildman–Crippen MR) is 46.8 cm³/mol. The van der Waals surface area contributed by atoms with Gasteiger partial charge in [0.05, 0.1) is 5.75 Å². The largest absolute Gasteiger partial charge is 0.218 e. The van der Waals surface area contributed by atoms with Gasteiger partial charge in [-0.2, -0.15) is 0 Å². The van der Waals surface area contributed by atoms with E-state index in [9.17, 15) is 8.42 Å². The molecule has 0 aromatic rings. The molecule has 3 nitrogen and oxygen atoms in total. The van der Waals surface area contributed by atoms with Crippen LogP contribution in [0.3, 0.4) is 0 Å². The summed E-state index contributed by atoms with van der Waals surface area (Å²) in [5, 5.41) is 0. The van der Waals surface area contributed by atoms with Crippen LogP contribution in [0.5, 0.6) is 0 Å². The van der Waals surface area contributed by atoms with E-state index < -0.39 is 10.0 Å². The van der Waals surface area contributed by atoms with E-state index in [4.69, 9.17) is 0 Å². The zero-order valence-electron chi connectivity index (χ0n) is 7.59. The average molecular weight is 179 g/mol. The highest BCUT2D eigenvalue weighted by Gasteiger charge is 2.15. The molecule has 0 aliphatic carbocycles. The van der Waals surface area contributed by atoms with Crippen LogP contribution in [0.1, 0.15) is 20.8 Å². The van der Waals surface area contributed by atoms with E-state index in [1.165, 1.54) is 7.05 Å². The quantitative estimate of drug-likeness (QED) is 0.694. The summed E-state index contributed by atoms with van der Waals surface area (Å²) in [5.74, 6) is 0.854. The van der Waals surface area contributed by atoms with E-state index in [0.29, 0.717) is 5.92 Å². The lowest BCUT2D eigenvalue weighted by Crippen LogP contribution is -2.27. The molecule has 4 heteroatoms. The molecule has 0 aliphatic heterocycles. The Morgan fingerprint density at radius 2 is 1.73 bits per heavy atom. The van der Waals surface area contributed by atoms with Crippen molar-refractivity contribution in [3.05, 3.63) is 0 Å². The van der Waals surface area contributed by atoms with Gasteiger partial charge in [-0.15, -0.1) is 0 Å². The van der Waals surface area contributed by atoms with Crippen LogP contribution in [0.15, 0.2) is 0 Å². The van der Waals surface area contributed by atoms with Gasteiger partial charge in [-0.1, -0.05) is 20.8 Å². The molecule has 0 radical (unpaired) electrons. The van der Waals surface area contributed by atoms with Crippen molar-refractivity contribution in [2.75, 3.05) is 12.8 Å². The molecule has 1 atom stereocenters. The minimum absolute atomic E-state index is 0.215. The Hall–Kier alpha value is -0.0900. The third-order valence-corrected chi connectivity index (χ3v) is 3.52. The zero-order chi connectivity index (χ0) is 9.07. The van der Waals surface area contributed by atoms with Crippen molar-refractivity contribution in [1.29, 1.82) is 0 Å². The second-order valence-corrected chi connectivity index (χ2v) is 5.18. The standard InChI is InChI=1S/C7H17NO2S/c1-6(2)7(3)5-11(9,10)8-4/h6-8H,5H2,1-4H3. The van der Waals surface area contributed by atoms with E-state index in [-0.39, 0.29) is 11.7 Å². The van der Waals surface area contributed by atoms with Gasteiger partial charge in [0.15, 0.2) is 0 Å². The summed E-state index contributed by atoms with van der Waals surface area (Å²) in [4.78, 5) is 0. The molecule has 0 heterocycles. The first-order valence-corrected chi connectivity index (χ1v) is 5.45. The van der Waals surface area contributed by atoms with Gasteiger partial charge in [0.25, 0.3) is 0 Å².